The average molecular weight is 385 g/mol. The number of amides is 1. The maximum atomic E-state index is 12.7. The van der Waals surface area contributed by atoms with Crippen molar-refractivity contribution >= 4 is 22.9 Å². The first-order valence-electron chi connectivity index (χ1n) is 8.20. The molecule has 1 unspecified atom stereocenters. The van der Waals surface area contributed by atoms with Gasteiger partial charge in [0.1, 0.15) is 23.2 Å². The van der Waals surface area contributed by atoms with Gasteiger partial charge in [-0.2, -0.15) is 5.10 Å². The molecule has 0 saturated heterocycles. The van der Waals surface area contributed by atoms with Crippen LogP contribution in [0.25, 0.3) is 10.6 Å². The fourth-order valence-corrected chi connectivity index (χ4v) is 3.20. The van der Waals surface area contributed by atoms with Gasteiger partial charge in [-0.1, -0.05) is 6.07 Å². The maximum Gasteiger partial charge on any atom is 0.267 e. The summed E-state index contributed by atoms with van der Waals surface area (Å²) in [5.74, 6) is 0.693. The van der Waals surface area contributed by atoms with E-state index in [1.165, 1.54) is 29.2 Å². The summed E-state index contributed by atoms with van der Waals surface area (Å²) in [6.07, 6.45) is 0. The number of benzene rings is 1. The van der Waals surface area contributed by atoms with Gasteiger partial charge in [-0.05, 0) is 36.6 Å². The number of carbonyl (C=O) groups excluding carboxylic acids is 1. The van der Waals surface area contributed by atoms with Crippen LogP contribution in [0.15, 0.2) is 52.6 Å². The minimum Gasteiger partial charge on any atom is -0.497 e. The molecule has 0 spiro atoms. The second-order valence-corrected chi connectivity index (χ2v) is 6.66. The lowest BCUT2D eigenvalue weighted by Crippen LogP contribution is -2.33. The maximum absolute atomic E-state index is 12.7. The van der Waals surface area contributed by atoms with Gasteiger partial charge in [0.05, 0.1) is 24.8 Å². The molecule has 0 aliphatic carbocycles. The van der Waals surface area contributed by atoms with Gasteiger partial charge in [0.2, 0.25) is 5.91 Å². The quantitative estimate of drug-likeness (QED) is 0.705. The van der Waals surface area contributed by atoms with Crippen LogP contribution >= 0.6 is 11.3 Å². The Morgan fingerprint density at radius 3 is 2.67 bits per heavy atom. The van der Waals surface area contributed by atoms with E-state index >= 15 is 0 Å². The Balaban J connectivity index is 1.86. The predicted octanol–water partition coefficient (Wildman–Crippen LogP) is 3.19. The highest BCUT2D eigenvalue weighted by atomic mass is 32.1. The van der Waals surface area contributed by atoms with E-state index in [-0.39, 0.29) is 11.5 Å². The molecule has 27 heavy (non-hydrogen) atoms. The Bertz CT molecular complexity index is 998. The number of rotatable bonds is 6. The molecule has 7 nitrogen and oxygen atoms in total. The number of aromatic nitrogens is 2. The average Bonchev–Trinajstić information content (AvgIpc) is 3.22. The second-order valence-electron chi connectivity index (χ2n) is 5.71. The van der Waals surface area contributed by atoms with Crippen LogP contribution in [0.4, 0.5) is 5.69 Å². The lowest BCUT2D eigenvalue weighted by Gasteiger charge is -2.16. The molecular weight excluding hydrogens is 366 g/mol. The fraction of sp³-hybridized carbons (Fsp3) is 0.211. The summed E-state index contributed by atoms with van der Waals surface area (Å²) in [6.45, 7) is 1.62. The molecule has 1 amide bonds. The third kappa shape index (κ3) is 4.01. The van der Waals surface area contributed by atoms with Gasteiger partial charge in [-0.3, -0.25) is 9.59 Å². The van der Waals surface area contributed by atoms with E-state index in [4.69, 9.17) is 9.47 Å². The van der Waals surface area contributed by atoms with E-state index in [2.05, 4.69) is 10.4 Å². The van der Waals surface area contributed by atoms with E-state index in [0.717, 1.165) is 4.88 Å². The van der Waals surface area contributed by atoms with Crippen molar-refractivity contribution in [1.29, 1.82) is 0 Å². The van der Waals surface area contributed by atoms with Crippen molar-refractivity contribution < 1.29 is 14.3 Å². The van der Waals surface area contributed by atoms with E-state index in [0.29, 0.717) is 22.9 Å². The Labute approximate surface area is 160 Å². The third-order valence-electron chi connectivity index (χ3n) is 4.01. The molecule has 3 rings (SSSR count). The first-order valence-corrected chi connectivity index (χ1v) is 9.08. The van der Waals surface area contributed by atoms with Crippen molar-refractivity contribution in [2.45, 2.75) is 13.0 Å². The van der Waals surface area contributed by atoms with Gasteiger partial charge in [0.15, 0.2) is 0 Å². The first-order chi connectivity index (χ1) is 13.0. The smallest absolute Gasteiger partial charge is 0.267 e. The number of hydrogen-bond acceptors (Lipinski definition) is 6. The van der Waals surface area contributed by atoms with Gasteiger partial charge in [-0.25, -0.2) is 4.68 Å². The standard InChI is InChI=1S/C19H19N3O4S/c1-12(19(24)20-14-7-6-13(25-2)11-16(14)26-3)22-18(23)9-8-15(21-22)17-5-4-10-27-17/h4-12H,1-3H3,(H,20,24). The molecule has 8 heteroatoms. The predicted molar refractivity (Wildman–Crippen MR) is 105 cm³/mol. The van der Waals surface area contributed by atoms with Crippen molar-refractivity contribution in [2.75, 3.05) is 19.5 Å². The van der Waals surface area contributed by atoms with Crippen LogP contribution in [-0.4, -0.2) is 29.9 Å². The van der Waals surface area contributed by atoms with Crippen LogP contribution in [0, 0.1) is 0 Å². The number of methoxy groups -OCH3 is 2. The Hall–Kier alpha value is -3.13. The molecule has 2 aromatic heterocycles. The van der Waals surface area contributed by atoms with Crippen molar-refractivity contribution in [3.63, 3.8) is 0 Å². The monoisotopic (exact) mass is 385 g/mol. The van der Waals surface area contributed by atoms with Gasteiger partial charge < -0.3 is 14.8 Å². The topological polar surface area (TPSA) is 82.5 Å². The summed E-state index contributed by atoms with van der Waals surface area (Å²) in [6, 6.07) is 11.1. The largest absolute Gasteiger partial charge is 0.497 e. The van der Waals surface area contributed by atoms with Gasteiger partial charge >= 0.3 is 0 Å². The van der Waals surface area contributed by atoms with Gasteiger partial charge in [0, 0.05) is 12.1 Å². The van der Waals surface area contributed by atoms with Crippen LogP contribution in [0.5, 0.6) is 11.5 Å². The van der Waals surface area contributed by atoms with Crippen molar-refractivity contribution in [2.24, 2.45) is 0 Å². The summed E-state index contributed by atoms with van der Waals surface area (Å²) in [5, 5.41) is 9.05. The molecule has 0 aliphatic heterocycles. The molecule has 3 aromatic rings. The Morgan fingerprint density at radius 1 is 1.19 bits per heavy atom. The number of anilines is 1. The Kier molecular flexibility index (Phi) is 5.56. The highest BCUT2D eigenvalue weighted by molar-refractivity contribution is 7.13. The summed E-state index contributed by atoms with van der Waals surface area (Å²) in [5.41, 5.74) is 0.781. The first kappa shape index (κ1) is 18.7. The molecule has 0 radical (unpaired) electrons. The summed E-state index contributed by atoms with van der Waals surface area (Å²) >= 11 is 1.51. The number of nitrogens with zero attached hydrogens (tertiary/aromatic N) is 2. The van der Waals surface area contributed by atoms with E-state index in [1.807, 2.05) is 17.5 Å². The molecule has 1 N–H and O–H groups in total. The summed E-state index contributed by atoms with van der Waals surface area (Å²) in [4.78, 5) is 25.8. The number of carbonyl (C=O) groups is 1. The van der Waals surface area contributed by atoms with Crippen LogP contribution in [0.3, 0.4) is 0 Å². The SMILES string of the molecule is COc1ccc(NC(=O)C(C)n2nc(-c3cccs3)ccc2=O)c(OC)c1. The van der Waals surface area contributed by atoms with Crippen LogP contribution in [-0.2, 0) is 4.79 Å². The highest BCUT2D eigenvalue weighted by Crippen LogP contribution is 2.29. The zero-order valence-corrected chi connectivity index (χ0v) is 15.9. The van der Waals surface area contributed by atoms with E-state index in [1.54, 1.807) is 38.3 Å². The van der Waals surface area contributed by atoms with Crippen LogP contribution in [0.1, 0.15) is 13.0 Å². The van der Waals surface area contributed by atoms with E-state index in [9.17, 15) is 9.59 Å². The zero-order chi connectivity index (χ0) is 19.4. The fourth-order valence-electron chi connectivity index (χ4n) is 2.51. The number of ether oxygens (including phenoxy) is 2. The molecule has 0 saturated carbocycles. The van der Waals surface area contributed by atoms with Gasteiger partial charge in [0.25, 0.3) is 5.56 Å². The minimum atomic E-state index is -0.802. The molecule has 0 fully saturated rings. The third-order valence-corrected chi connectivity index (χ3v) is 4.90. The number of thiophene rings is 1. The Morgan fingerprint density at radius 2 is 2.00 bits per heavy atom. The van der Waals surface area contributed by atoms with Crippen molar-refractivity contribution in [1.82, 2.24) is 9.78 Å². The molecule has 1 aromatic carbocycles. The number of hydrogen-bond donors (Lipinski definition) is 1. The van der Waals surface area contributed by atoms with Crippen molar-refractivity contribution in [3.05, 3.63) is 58.2 Å². The lowest BCUT2D eigenvalue weighted by atomic mass is 10.2. The lowest BCUT2D eigenvalue weighted by molar-refractivity contribution is -0.119. The summed E-state index contributed by atoms with van der Waals surface area (Å²) in [7, 11) is 3.05. The minimum absolute atomic E-state index is 0.348. The highest BCUT2D eigenvalue weighted by Gasteiger charge is 2.20. The molecule has 140 valence electrons. The van der Waals surface area contributed by atoms with Crippen molar-refractivity contribution in [3.8, 4) is 22.1 Å². The molecule has 1 atom stereocenters. The van der Waals surface area contributed by atoms with Crippen LogP contribution in [0.2, 0.25) is 0 Å². The van der Waals surface area contributed by atoms with E-state index < -0.39 is 6.04 Å². The second kappa shape index (κ2) is 8.05. The van der Waals surface area contributed by atoms with Crippen LogP contribution < -0.4 is 20.3 Å². The molecule has 2 heterocycles. The zero-order valence-electron chi connectivity index (χ0n) is 15.1. The molecular formula is C19H19N3O4S. The normalized spacial score (nSPS) is 11.7. The number of nitrogens with one attached hydrogen (secondary N) is 1. The summed E-state index contributed by atoms with van der Waals surface area (Å²) < 4.78 is 11.6. The van der Waals surface area contributed by atoms with Gasteiger partial charge in [-0.15, -0.1) is 11.3 Å². The molecule has 0 aliphatic rings. The molecule has 0 bridgehead atoms.